The fraction of sp³-hybridized carbons (Fsp3) is 0.750. The third-order valence-corrected chi connectivity index (χ3v) is 9.16. The first-order valence-corrected chi connectivity index (χ1v) is 12.1. The van der Waals surface area contributed by atoms with Gasteiger partial charge in [-0.2, -0.15) is 0 Å². The molecule has 0 aliphatic heterocycles. The summed E-state index contributed by atoms with van der Waals surface area (Å²) in [5.41, 5.74) is 0.711. The lowest BCUT2D eigenvalue weighted by atomic mass is 9.46. The monoisotopic (exact) mass is 466 g/mol. The lowest BCUT2D eigenvalue weighted by Crippen LogP contribution is -2.60. The molecule has 1 N–H and O–H groups in total. The number of halogens is 1. The predicted molar refractivity (Wildman–Crippen MR) is 115 cm³/mol. The highest BCUT2D eigenvalue weighted by Crippen LogP contribution is 2.65. The van der Waals surface area contributed by atoms with E-state index in [-0.39, 0.29) is 24.8 Å². The van der Waals surface area contributed by atoms with E-state index in [4.69, 9.17) is 26.2 Å². The molecule has 32 heavy (non-hydrogen) atoms. The SMILES string of the molecule is C[C@@]12CCC[C@H]1[C@@H]1CCC3=C(CCl)C(=O)C(=O)C(OC(=O)OCCC(=O)O)[C@]3(C)[C@H]1CC2. The van der Waals surface area contributed by atoms with Crippen molar-refractivity contribution in [2.75, 3.05) is 12.5 Å². The second-order valence-corrected chi connectivity index (χ2v) is 10.6. The van der Waals surface area contributed by atoms with Gasteiger partial charge in [0.25, 0.3) is 0 Å². The number of alkyl halides is 1. The van der Waals surface area contributed by atoms with Gasteiger partial charge >= 0.3 is 12.1 Å². The van der Waals surface area contributed by atoms with Gasteiger partial charge in [-0.25, -0.2) is 4.79 Å². The molecule has 4 aliphatic rings. The molecule has 0 spiro atoms. The molecule has 0 amide bonds. The zero-order chi connectivity index (χ0) is 23.3. The molecule has 8 heteroatoms. The minimum Gasteiger partial charge on any atom is -0.481 e. The maximum atomic E-state index is 13.2. The third-order valence-electron chi connectivity index (χ3n) is 8.89. The lowest BCUT2D eigenvalue weighted by molar-refractivity contribution is -0.154. The number of ether oxygens (including phenoxy) is 2. The van der Waals surface area contributed by atoms with E-state index in [1.807, 2.05) is 6.92 Å². The minimum absolute atomic E-state index is 0.0379. The van der Waals surface area contributed by atoms with E-state index in [9.17, 15) is 19.2 Å². The zero-order valence-electron chi connectivity index (χ0n) is 18.7. The summed E-state index contributed by atoms with van der Waals surface area (Å²) in [5.74, 6) is -1.52. The highest BCUT2D eigenvalue weighted by molar-refractivity contribution is 6.48. The van der Waals surface area contributed by atoms with Crippen molar-refractivity contribution < 1.29 is 33.8 Å². The van der Waals surface area contributed by atoms with Crippen molar-refractivity contribution in [2.45, 2.75) is 71.3 Å². The first-order chi connectivity index (χ1) is 15.1. The van der Waals surface area contributed by atoms with Crippen molar-refractivity contribution >= 4 is 35.3 Å². The third kappa shape index (κ3) is 3.57. The molecule has 0 heterocycles. The number of ketones is 2. The van der Waals surface area contributed by atoms with Crippen LogP contribution in [0.4, 0.5) is 4.79 Å². The predicted octanol–water partition coefficient (Wildman–Crippen LogP) is 4.30. The standard InChI is InChI=1S/C24H31ClO7/c1-23-9-3-4-15(23)13-5-6-16-14(12-25)19(28)20(29)21(24(16,2)17(13)7-10-23)32-22(30)31-11-8-18(26)27/h13,15,17,21H,3-12H2,1-2H3,(H,26,27)/t13-,15-,17-,21?,23-,24-/m0/s1. The van der Waals surface area contributed by atoms with E-state index in [0.29, 0.717) is 29.2 Å². The molecular weight excluding hydrogens is 436 g/mol. The van der Waals surface area contributed by atoms with E-state index in [1.165, 1.54) is 19.3 Å². The molecule has 4 aliphatic carbocycles. The summed E-state index contributed by atoms with van der Waals surface area (Å²) in [6.07, 6.45) is 4.43. The van der Waals surface area contributed by atoms with Crippen LogP contribution < -0.4 is 0 Å². The summed E-state index contributed by atoms with van der Waals surface area (Å²) in [5, 5.41) is 8.75. The van der Waals surface area contributed by atoms with Crippen molar-refractivity contribution in [1.29, 1.82) is 0 Å². The Bertz CT molecular complexity index is 880. The van der Waals surface area contributed by atoms with Gasteiger partial charge in [0, 0.05) is 11.0 Å². The Hall–Kier alpha value is -1.89. The van der Waals surface area contributed by atoms with E-state index >= 15 is 0 Å². The number of Topliss-reactive ketones (excluding diaryl/α,β-unsaturated/α-hetero) is 2. The number of aliphatic carboxylic acids is 1. The number of hydrogen-bond acceptors (Lipinski definition) is 6. The molecular formula is C24H31ClO7. The summed E-state index contributed by atoms with van der Waals surface area (Å²) in [6, 6.07) is 0. The molecule has 4 rings (SSSR count). The molecule has 0 bridgehead atoms. The summed E-state index contributed by atoms with van der Waals surface area (Å²) in [7, 11) is 0. The van der Waals surface area contributed by atoms with Crippen LogP contribution in [0.25, 0.3) is 0 Å². The topological polar surface area (TPSA) is 107 Å². The fourth-order valence-electron chi connectivity index (χ4n) is 7.41. The van der Waals surface area contributed by atoms with Crippen molar-refractivity contribution in [3.8, 4) is 0 Å². The van der Waals surface area contributed by atoms with E-state index in [1.54, 1.807) is 0 Å². The first-order valence-electron chi connectivity index (χ1n) is 11.6. The largest absolute Gasteiger partial charge is 0.509 e. The Labute approximate surface area is 192 Å². The van der Waals surface area contributed by atoms with Gasteiger partial charge in [0.15, 0.2) is 6.10 Å². The second-order valence-electron chi connectivity index (χ2n) is 10.3. The smallest absolute Gasteiger partial charge is 0.481 e. The molecule has 0 aromatic rings. The van der Waals surface area contributed by atoms with E-state index < -0.39 is 35.2 Å². The Kier molecular flexibility index (Phi) is 6.16. The molecule has 1 unspecified atom stereocenters. The molecule has 3 saturated carbocycles. The summed E-state index contributed by atoms with van der Waals surface area (Å²) >= 11 is 6.14. The summed E-state index contributed by atoms with van der Waals surface area (Å²) in [4.78, 5) is 49.1. The fourth-order valence-corrected chi connectivity index (χ4v) is 7.69. The van der Waals surface area contributed by atoms with Gasteiger partial charge < -0.3 is 14.6 Å². The van der Waals surface area contributed by atoms with Crippen LogP contribution in [0.2, 0.25) is 0 Å². The average Bonchev–Trinajstić information content (AvgIpc) is 3.14. The van der Waals surface area contributed by atoms with Gasteiger partial charge in [0.2, 0.25) is 11.6 Å². The number of carbonyl (C=O) groups is 4. The van der Waals surface area contributed by atoms with Crippen LogP contribution in [0.1, 0.15) is 65.2 Å². The highest BCUT2D eigenvalue weighted by Gasteiger charge is 2.63. The van der Waals surface area contributed by atoms with E-state index in [0.717, 1.165) is 24.8 Å². The maximum Gasteiger partial charge on any atom is 0.509 e. The molecule has 6 atom stereocenters. The van der Waals surface area contributed by atoms with Crippen molar-refractivity contribution in [1.82, 2.24) is 0 Å². The normalized spacial score (nSPS) is 38.6. The lowest BCUT2D eigenvalue weighted by Gasteiger charge is -2.58. The number of carbonyl (C=O) groups excluding carboxylic acids is 3. The van der Waals surface area contributed by atoms with Crippen LogP contribution in [-0.4, -0.2) is 47.4 Å². The summed E-state index contributed by atoms with van der Waals surface area (Å²) in [6.45, 7) is 3.97. The van der Waals surface area contributed by atoms with Gasteiger partial charge in [-0.3, -0.25) is 14.4 Å². The van der Waals surface area contributed by atoms with Crippen LogP contribution >= 0.6 is 11.6 Å². The van der Waals surface area contributed by atoms with Gasteiger partial charge in [0.1, 0.15) is 6.61 Å². The molecule has 3 fully saturated rings. The first kappa shape index (κ1) is 23.3. The molecule has 0 radical (unpaired) electrons. The number of carboxylic acids is 1. The number of rotatable bonds is 5. The molecule has 7 nitrogen and oxygen atoms in total. The molecule has 0 aromatic carbocycles. The van der Waals surface area contributed by atoms with Crippen LogP contribution in [0, 0.1) is 28.6 Å². The number of hydrogen-bond donors (Lipinski definition) is 1. The Balaban J connectivity index is 1.68. The van der Waals surface area contributed by atoms with Gasteiger partial charge in [0.05, 0.1) is 12.3 Å². The van der Waals surface area contributed by atoms with Crippen LogP contribution in [0.15, 0.2) is 11.1 Å². The number of carboxylic acid groups (broad SMARTS) is 1. The van der Waals surface area contributed by atoms with Crippen LogP contribution in [0.3, 0.4) is 0 Å². The zero-order valence-corrected chi connectivity index (χ0v) is 19.4. The Morgan fingerprint density at radius 2 is 1.88 bits per heavy atom. The molecule has 176 valence electrons. The maximum absolute atomic E-state index is 13.2. The van der Waals surface area contributed by atoms with Gasteiger partial charge in [-0.05, 0) is 61.7 Å². The van der Waals surface area contributed by atoms with Crippen molar-refractivity contribution in [3.63, 3.8) is 0 Å². The quantitative estimate of drug-likeness (QED) is 0.365. The molecule has 0 aromatic heterocycles. The van der Waals surface area contributed by atoms with Crippen LogP contribution in [0.5, 0.6) is 0 Å². The number of fused-ring (bicyclic) bond motifs is 5. The van der Waals surface area contributed by atoms with Crippen molar-refractivity contribution in [3.05, 3.63) is 11.1 Å². The van der Waals surface area contributed by atoms with Gasteiger partial charge in [-0.1, -0.05) is 25.8 Å². The average molecular weight is 467 g/mol. The highest BCUT2D eigenvalue weighted by atomic mass is 35.5. The van der Waals surface area contributed by atoms with Crippen molar-refractivity contribution in [2.24, 2.45) is 28.6 Å². The summed E-state index contributed by atoms with van der Waals surface area (Å²) < 4.78 is 10.4. The van der Waals surface area contributed by atoms with E-state index in [2.05, 4.69) is 6.92 Å². The van der Waals surface area contributed by atoms with Gasteiger partial charge in [-0.15, -0.1) is 11.6 Å². The molecule has 0 saturated heterocycles. The minimum atomic E-state index is -1.27. The van der Waals surface area contributed by atoms with Crippen LogP contribution in [-0.2, 0) is 23.9 Å². The second kappa shape index (κ2) is 8.47. The Morgan fingerprint density at radius 3 is 2.56 bits per heavy atom. The Morgan fingerprint density at radius 1 is 1.12 bits per heavy atom.